The molecule has 0 rings (SSSR count). The molecule has 1 amide bonds. The maximum atomic E-state index is 10.9. The molecule has 0 aromatic heterocycles. The molecule has 0 bridgehead atoms. The van der Waals surface area contributed by atoms with Gasteiger partial charge in [0, 0.05) is 5.57 Å². The number of carbonyl (C=O) groups is 1. The topological polar surface area (TPSA) is 43.1 Å². The van der Waals surface area contributed by atoms with Crippen LogP contribution in [0.5, 0.6) is 0 Å². The number of nitrogens with two attached hydrogens (primary N) is 1. The number of rotatable bonds is 20. The van der Waals surface area contributed by atoms with Crippen molar-refractivity contribution in [2.45, 2.75) is 136 Å². The summed E-state index contributed by atoms with van der Waals surface area (Å²) in [5.41, 5.74) is 5.92. The first-order chi connectivity index (χ1) is 12.7. The van der Waals surface area contributed by atoms with E-state index in [2.05, 4.69) is 6.92 Å². The number of hydrogen-bond donors (Lipinski definition) is 1. The first-order valence-electron chi connectivity index (χ1n) is 11.6. The van der Waals surface area contributed by atoms with Crippen molar-refractivity contribution in [2.24, 2.45) is 5.73 Å². The van der Waals surface area contributed by atoms with Gasteiger partial charge in [-0.1, -0.05) is 122 Å². The van der Waals surface area contributed by atoms with E-state index in [0.717, 1.165) is 6.42 Å². The summed E-state index contributed by atoms with van der Waals surface area (Å²) >= 11 is 0. The summed E-state index contributed by atoms with van der Waals surface area (Å²) < 4.78 is 0. The SMILES string of the molecule is CCCCCCCCCCCCCCCCCCCCC=C(C)C(N)=O. The van der Waals surface area contributed by atoms with Crippen LogP contribution in [0.15, 0.2) is 11.6 Å². The van der Waals surface area contributed by atoms with E-state index in [0.29, 0.717) is 5.57 Å². The van der Waals surface area contributed by atoms with Crippen LogP contribution in [0.4, 0.5) is 0 Å². The van der Waals surface area contributed by atoms with Crippen molar-refractivity contribution < 1.29 is 4.79 Å². The van der Waals surface area contributed by atoms with E-state index in [4.69, 9.17) is 5.73 Å². The van der Waals surface area contributed by atoms with Crippen LogP contribution >= 0.6 is 0 Å². The van der Waals surface area contributed by atoms with Crippen LogP contribution in [0.25, 0.3) is 0 Å². The van der Waals surface area contributed by atoms with E-state index in [1.807, 2.05) is 6.08 Å². The Balaban J connectivity index is 3.09. The van der Waals surface area contributed by atoms with Crippen molar-refractivity contribution in [1.29, 1.82) is 0 Å². The highest BCUT2D eigenvalue weighted by atomic mass is 16.1. The summed E-state index contributed by atoms with van der Waals surface area (Å²) in [6.07, 6.45) is 28.2. The molecule has 0 aliphatic rings. The highest BCUT2D eigenvalue weighted by Gasteiger charge is 1.96. The molecule has 0 aromatic carbocycles. The Labute approximate surface area is 164 Å². The number of primary amides is 1. The zero-order chi connectivity index (χ0) is 19.3. The van der Waals surface area contributed by atoms with Crippen molar-refractivity contribution in [3.05, 3.63) is 11.6 Å². The molecule has 26 heavy (non-hydrogen) atoms. The monoisotopic (exact) mass is 365 g/mol. The molecule has 0 atom stereocenters. The molecule has 0 aliphatic carbocycles. The van der Waals surface area contributed by atoms with Crippen LogP contribution in [0, 0.1) is 0 Å². The van der Waals surface area contributed by atoms with Gasteiger partial charge in [0.2, 0.25) is 5.91 Å². The molecule has 0 aliphatic heterocycles. The molecule has 0 heterocycles. The van der Waals surface area contributed by atoms with Gasteiger partial charge in [-0.2, -0.15) is 0 Å². The quantitative estimate of drug-likeness (QED) is 0.173. The summed E-state index contributed by atoms with van der Waals surface area (Å²) in [6.45, 7) is 4.09. The van der Waals surface area contributed by atoms with Crippen molar-refractivity contribution in [3.8, 4) is 0 Å². The Bertz CT molecular complexity index is 335. The fourth-order valence-corrected chi connectivity index (χ4v) is 3.47. The number of hydrogen-bond acceptors (Lipinski definition) is 1. The van der Waals surface area contributed by atoms with Gasteiger partial charge in [-0.15, -0.1) is 0 Å². The van der Waals surface area contributed by atoms with E-state index in [9.17, 15) is 4.79 Å². The van der Waals surface area contributed by atoms with Crippen LogP contribution in [-0.4, -0.2) is 5.91 Å². The van der Waals surface area contributed by atoms with Crippen molar-refractivity contribution in [3.63, 3.8) is 0 Å². The first kappa shape index (κ1) is 25.2. The van der Waals surface area contributed by atoms with E-state index in [-0.39, 0.29) is 5.91 Å². The summed E-state index contributed by atoms with van der Waals surface area (Å²) in [6, 6.07) is 0. The van der Waals surface area contributed by atoms with Crippen LogP contribution in [-0.2, 0) is 4.79 Å². The maximum absolute atomic E-state index is 10.9. The maximum Gasteiger partial charge on any atom is 0.244 e. The molecule has 0 saturated heterocycles. The van der Waals surface area contributed by atoms with Gasteiger partial charge in [0.1, 0.15) is 0 Å². The van der Waals surface area contributed by atoms with Crippen molar-refractivity contribution in [1.82, 2.24) is 0 Å². The summed E-state index contributed by atoms with van der Waals surface area (Å²) in [4.78, 5) is 10.9. The van der Waals surface area contributed by atoms with Gasteiger partial charge < -0.3 is 5.73 Å². The number of amides is 1. The second kappa shape index (κ2) is 20.5. The number of allylic oxidation sites excluding steroid dienone is 1. The Morgan fingerprint density at radius 2 is 0.923 bits per heavy atom. The van der Waals surface area contributed by atoms with Gasteiger partial charge >= 0.3 is 0 Å². The molecule has 0 unspecified atom stereocenters. The Morgan fingerprint density at radius 3 is 1.23 bits per heavy atom. The smallest absolute Gasteiger partial charge is 0.244 e. The van der Waals surface area contributed by atoms with E-state index < -0.39 is 0 Å². The van der Waals surface area contributed by atoms with E-state index in [1.54, 1.807) is 6.92 Å². The van der Waals surface area contributed by atoms with Gasteiger partial charge in [-0.3, -0.25) is 4.79 Å². The lowest BCUT2D eigenvalue weighted by Gasteiger charge is -2.03. The predicted octanol–water partition coefficient (Wildman–Crippen LogP) is 7.85. The summed E-state index contributed by atoms with van der Waals surface area (Å²) in [5.74, 6) is -0.285. The zero-order valence-corrected chi connectivity index (χ0v) is 18.0. The van der Waals surface area contributed by atoms with Crippen LogP contribution in [0.3, 0.4) is 0 Å². The molecular weight excluding hydrogens is 318 g/mol. The minimum absolute atomic E-state index is 0.285. The lowest BCUT2D eigenvalue weighted by Crippen LogP contribution is -2.11. The first-order valence-corrected chi connectivity index (χ1v) is 11.6. The fourth-order valence-electron chi connectivity index (χ4n) is 3.47. The van der Waals surface area contributed by atoms with Crippen molar-refractivity contribution >= 4 is 5.91 Å². The molecule has 0 fully saturated rings. The third-order valence-electron chi connectivity index (χ3n) is 5.40. The average molecular weight is 366 g/mol. The normalized spacial score (nSPS) is 11.8. The van der Waals surface area contributed by atoms with Gasteiger partial charge in [0.25, 0.3) is 0 Å². The average Bonchev–Trinajstić information content (AvgIpc) is 2.63. The molecule has 2 heteroatoms. The third-order valence-corrected chi connectivity index (χ3v) is 5.40. The van der Waals surface area contributed by atoms with Gasteiger partial charge in [0.15, 0.2) is 0 Å². The molecule has 0 aromatic rings. The van der Waals surface area contributed by atoms with E-state index in [1.165, 1.54) is 116 Å². The van der Waals surface area contributed by atoms with E-state index >= 15 is 0 Å². The molecule has 0 radical (unpaired) electrons. The molecule has 0 saturated carbocycles. The van der Waals surface area contributed by atoms with Gasteiger partial charge in [-0.05, 0) is 19.8 Å². The number of carbonyl (C=O) groups excluding carboxylic acids is 1. The standard InChI is InChI=1S/C24H47NO/c1-3-4-5-6-7-8-9-10-11-12-13-14-15-16-17-18-19-20-21-22-23(2)24(25)26/h22H,3-21H2,1-2H3,(H2,25,26). The van der Waals surface area contributed by atoms with Crippen LogP contribution in [0.2, 0.25) is 0 Å². The molecule has 2 N–H and O–H groups in total. The zero-order valence-electron chi connectivity index (χ0n) is 18.0. The second-order valence-corrected chi connectivity index (χ2v) is 8.05. The summed E-state index contributed by atoms with van der Waals surface area (Å²) in [5, 5.41) is 0. The number of unbranched alkanes of at least 4 members (excludes halogenated alkanes) is 18. The molecule has 2 nitrogen and oxygen atoms in total. The molecular formula is C24H47NO. The highest BCUT2D eigenvalue weighted by Crippen LogP contribution is 2.14. The Kier molecular flexibility index (Phi) is 19.9. The Hall–Kier alpha value is -0.790. The fraction of sp³-hybridized carbons (Fsp3) is 0.875. The second-order valence-electron chi connectivity index (χ2n) is 8.05. The Morgan fingerprint density at radius 1 is 0.615 bits per heavy atom. The summed E-state index contributed by atoms with van der Waals surface area (Å²) in [7, 11) is 0. The van der Waals surface area contributed by atoms with Crippen molar-refractivity contribution in [2.75, 3.05) is 0 Å². The third kappa shape index (κ3) is 19.5. The molecule has 0 spiro atoms. The lowest BCUT2D eigenvalue weighted by atomic mass is 10.0. The predicted molar refractivity (Wildman–Crippen MR) is 116 cm³/mol. The lowest BCUT2D eigenvalue weighted by molar-refractivity contribution is -0.114. The largest absolute Gasteiger partial charge is 0.366 e. The van der Waals surface area contributed by atoms with Crippen LogP contribution < -0.4 is 5.73 Å². The van der Waals surface area contributed by atoms with Gasteiger partial charge in [0.05, 0.1) is 0 Å². The van der Waals surface area contributed by atoms with Gasteiger partial charge in [-0.25, -0.2) is 0 Å². The van der Waals surface area contributed by atoms with Crippen LogP contribution in [0.1, 0.15) is 136 Å². The highest BCUT2D eigenvalue weighted by molar-refractivity contribution is 5.91. The minimum Gasteiger partial charge on any atom is -0.366 e. The molecule has 154 valence electrons. The minimum atomic E-state index is -0.285.